The molecule has 2 nitrogen and oxygen atoms in total. The van der Waals surface area contributed by atoms with Gasteiger partial charge in [-0.2, -0.15) is 0 Å². The molecule has 0 aromatic heterocycles. The summed E-state index contributed by atoms with van der Waals surface area (Å²) in [5.41, 5.74) is 2.87. The fraction of sp³-hybridized carbons (Fsp3) is 0.700. The molecule has 0 amide bonds. The van der Waals surface area contributed by atoms with Gasteiger partial charge in [0, 0.05) is 5.92 Å². The maximum atomic E-state index is 10.8. The Morgan fingerprint density at radius 1 is 1.36 bits per heavy atom. The normalized spacial score (nSPS) is 42.1. The first-order valence-electron chi connectivity index (χ1n) is 8.67. The van der Waals surface area contributed by atoms with E-state index in [9.17, 15) is 10.2 Å². The molecule has 0 unspecified atom stereocenters. The fourth-order valence-corrected chi connectivity index (χ4v) is 4.07. The fourth-order valence-electron chi connectivity index (χ4n) is 4.07. The van der Waals surface area contributed by atoms with Crippen molar-refractivity contribution in [2.24, 2.45) is 17.8 Å². The highest BCUT2D eigenvalue weighted by Crippen LogP contribution is 2.46. The van der Waals surface area contributed by atoms with Crippen LogP contribution in [0.1, 0.15) is 59.8 Å². The molecule has 1 fully saturated rings. The smallest absolute Gasteiger partial charge is 0.0789 e. The van der Waals surface area contributed by atoms with Crippen molar-refractivity contribution in [1.82, 2.24) is 0 Å². The van der Waals surface area contributed by atoms with Crippen LogP contribution in [-0.2, 0) is 0 Å². The zero-order valence-electron chi connectivity index (χ0n) is 14.6. The number of allylic oxidation sites excluding steroid dienone is 2. The maximum absolute atomic E-state index is 10.8. The SMILES string of the molecule is C=C1CC/C=C(\C)C[C@H](O)/C(C(C)C)=C\[C@H]2[C@@H]1CC[C@]2(C)O. The molecule has 0 radical (unpaired) electrons. The Bertz CT molecular complexity index is 482. The molecular weight excluding hydrogens is 272 g/mol. The van der Waals surface area contributed by atoms with Crippen LogP contribution in [0.4, 0.5) is 0 Å². The van der Waals surface area contributed by atoms with Gasteiger partial charge >= 0.3 is 0 Å². The Balaban J connectivity index is 2.44. The Morgan fingerprint density at radius 2 is 2.05 bits per heavy atom. The second-order valence-electron chi connectivity index (χ2n) is 7.82. The summed E-state index contributed by atoms with van der Waals surface area (Å²) >= 11 is 0. The summed E-state index contributed by atoms with van der Waals surface area (Å²) in [5, 5.41) is 21.5. The van der Waals surface area contributed by atoms with E-state index in [4.69, 9.17) is 0 Å². The molecule has 0 aliphatic heterocycles. The van der Waals surface area contributed by atoms with Gasteiger partial charge in [0.25, 0.3) is 0 Å². The van der Waals surface area contributed by atoms with E-state index in [0.717, 1.165) is 31.3 Å². The molecule has 2 heteroatoms. The number of hydrogen-bond acceptors (Lipinski definition) is 2. The molecule has 2 N–H and O–H groups in total. The highest BCUT2D eigenvalue weighted by molar-refractivity contribution is 5.24. The third-order valence-electron chi connectivity index (χ3n) is 5.53. The highest BCUT2D eigenvalue weighted by Gasteiger charge is 2.43. The zero-order chi connectivity index (χ0) is 16.5. The van der Waals surface area contributed by atoms with Crippen molar-refractivity contribution < 1.29 is 10.2 Å². The van der Waals surface area contributed by atoms with Crippen LogP contribution in [0.25, 0.3) is 0 Å². The minimum atomic E-state index is -0.690. The standard InChI is InChI=1S/C20H32O2/c1-13(2)17-12-18-16(9-10-20(18,5)22)15(4)8-6-7-14(3)11-19(17)21/h7,12-13,16,18-19,21-22H,4,6,8-11H2,1-3,5H3/b14-7+,17-12-/t16-,18+,19+,20+/m1/s1. The largest absolute Gasteiger partial charge is 0.390 e. The maximum Gasteiger partial charge on any atom is 0.0789 e. The molecule has 2 aliphatic carbocycles. The first-order valence-corrected chi connectivity index (χ1v) is 8.67. The quantitative estimate of drug-likeness (QED) is 0.705. The number of fused-ring (bicyclic) bond motifs is 1. The van der Waals surface area contributed by atoms with E-state index >= 15 is 0 Å². The van der Waals surface area contributed by atoms with Gasteiger partial charge in [-0.05, 0) is 63.4 Å². The van der Waals surface area contributed by atoms with Crippen LogP contribution in [0.15, 0.2) is 35.5 Å². The Labute approximate surface area is 135 Å². The van der Waals surface area contributed by atoms with Crippen molar-refractivity contribution in [3.05, 3.63) is 35.5 Å². The number of hydrogen-bond donors (Lipinski definition) is 2. The molecule has 0 aromatic rings. The molecule has 124 valence electrons. The predicted molar refractivity (Wildman–Crippen MR) is 92.5 cm³/mol. The highest BCUT2D eigenvalue weighted by atomic mass is 16.3. The molecule has 0 aromatic carbocycles. The third-order valence-corrected chi connectivity index (χ3v) is 5.53. The van der Waals surface area contributed by atoms with E-state index in [-0.39, 0.29) is 11.8 Å². The van der Waals surface area contributed by atoms with Crippen molar-refractivity contribution in [1.29, 1.82) is 0 Å². The minimum absolute atomic E-state index is 0.0745. The second-order valence-corrected chi connectivity index (χ2v) is 7.82. The van der Waals surface area contributed by atoms with Crippen molar-refractivity contribution in [3.63, 3.8) is 0 Å². The van der Waals surface area contributed by atoms with Crippen LogP contribution < -0.4 is 0 Å². The molecule has 0 bridgehead atoms. The van der Waals surface area contributed by atoms with E-state index < -0.39 is 11.7 Å². The van der Waals surface area contributed by atoms with E-state index in [1.165, 1.54) is 11.1 Å². The summed E-state index contributed by atoms with van der Waals surface area (Å²) < 4.78 is 0. The summed E-state index contributed by atoms with van der Waals surface area (Å²) in [6.45, 7) is 12.6. The number of rotatable bonds is 1. The molecule has 22 heavy (non-hydrogen) atoms. The monoisotopic (exact) mass is 304 g/mol. The summed E-state index contributed by atoms with van der Waals surface area (Å²) in [4.78, 5) is 0. The molecular formula is C20H32O2. The van der Waals surface area contributed by atoms with E-state index in [1.54, 1.807) is 0 Å². The third kappa shape index (κ3) is 3.72. The average molecular weight is 304 g/mol. The lowest BCUT2D eigenvalue weighted by molar-refractivity contribution is 0.0319. The lowest BCUT2D eigenvalue weighted by Crippen LogP contribution is -2.32. The first kappa shape index (κ1) is 17.5. The molecule has 0 spiro atoms. The molecule has 2 rings (SSSR count). The lowest BCUT2D eigenvalue weighted by Gasteiger charge is -2.30. The van der Waals surface area contributed by atoms with Gasteiger partial charge in [0.1, 0.15) is 0 Å². The van der Waals surface area contributed by atoms with E-state index in [2.05, 4.69) is 39.5 Å². The van der Waals surface area contributed by atoms with Gasteiger partial charge in [-0.3, -0.25) is 0 Å². The van der Waals surface area contributed by atoms with Gasteiger partial charge in [-0.15, -0.1) is 0 Å². The van der Waals surface area contributed by atoms with Crippen molar-refractivity contribution >= 4 is 0 Å². The van der Waals surface area contributed by atoms with Gasteiger partial charge in [-0.1, -0.05) is 43.7 Å². The second kappa shape index (κ2) is 6.72. The molecule has 4 atom stereocenters. The van der Waals surface area contributed by atoms with Gasteiger partial charge in [0.2, 0.25) is 0 Å². The number of aliphatic hydroxyl groups excluding tert-OH is 1. The average Bonchev–Trinajstić information content (AvgIpc) is 2.68. The molecule has 0 saturated heterocycles. The zero-order valence-corrected chi connectivity index (χ0v) is 14.6. The van der Waals surface area contributed by atoms with Gasteiger partial charge in [0.05, 0.1) is 11.7 Å². The van der Waals surface area contributed by atoms with Crippen LogP contribution in [0.3, 0.4) is 0 Å². The summed E-state index contributed by atoms with van der Waals surface area (Å²) in [5.74, 6) is 0.696. The molecule has 0 heterocycles. The topological polar surface area (TPSA) is 40.5 Å². The Hall–Kier alpha value is -0.860. The van der Waals surface area contributed by atoms with Gasteiger partial charge < -0.3 is 10.2 Å². The first-order chi connectivity index (χ1) is 10.2. The number of aliphatic hydroxyl groups is 2. The van der Waals surface area contributed by atoms with Gasteiger partial charge in [-0.25, -0.2) is 0 Å². The Morgan fingerprint density at radius 3 is 2.68 bits per heavy atom. The predicted octanol–water partition coefficient (Wildman–Crippen LogP) is 4.39. The summed E-state index contributed by atoms with van der Waals surface area (Å²) in [7, 11) is 0. The van der Waals surface area contributed by atoms with Crippen LogP contribution in [0, 0.1) is 17.8 Å². The van der Waals surface area contributed by atoms with Crippen LogP contribution >= 0.6 is 0 Å². The van der Waals surface area contributed by atoms with E-state index in [0.29, 0.717) is 12.3 Å². The molecule has 1 saturated carbocycles. The van der Waals surface area contributed by atoms with E-state index in [1.807, 2.05) is 6.92 Å². The van der Waals surface area contributed by atoms with Crippen LogP contribution in [0.2, 0.25) is 0 Å². The van der Waals surface area contributed by atoms with Crippen molar-refractivity contribution in [2.45, 2.75) is 71.5 Å². The summed E-state index contributed by atoms with van der Waals surface area (Å²) in [6, 6.07) is 0. The lowest BCUT2D eigenvalue weighted by atomic mass is 9.79. The van der Waals surface area contributed by atoms with Crippen molar-refractivity contribution in [3.8, 4) is 0 Å². The minimum Gasteiger partial charge on any atom is -0.390 e. The Kier molecular flexibility index (Phi) is 5.34. The van der Waals surface area contributed by atoms with Crippen molar-refractivity contribution in [2.75, 3.05) is 0 Å². The summed E-state index contributed by atoms with van der Waals surface area (Å²) in [6.07, 6.45) is 8.44. The van der Waals surface area contributed by atoms with Crippen LogP contribution in [0.5, 0.6) is 0 Å². The van der Waals surface area contributed by atoms with Crippen LogP contribution in [-0.4, -0.2) is 21.9 Å². The molecule has 2 aliphatic rings. The van der Waals surface area contributed by atoms with Gasteiger partial charge in [0.15, 0.2) is 0 Å².